The summed E-state index contributed by atoms with van der Waals surface area (Å²) in [7, 11) is 0. The summed E-state index contributed by atoms with van der Waals surface area (Å²) in [6.45, 7) is 0.152. The molecule has 1 aromatic carbocycles. The molecule has 1 saturated carbocycles. The fourth-order valence-electron chi connectivity index (χ4n) is 2.57. The van der Waals surface area contributed by atoms with Crippen LogP contribution in [0.15, 0.2) is 30.5 Å². The molecule has 1 fully saturated rings. The summed E-state index contributed by atoms with van der Waals surface area (Å²) < 4.78 is 12.5. The van der Waals surface area contributed by atoms with Gasteiger partial charge in [0.25, 0.3) is 0 Å². The highest BCUT2D eigenvalue weighted by molar-refractivity contribution is 6.09. The zero-order valence-electron chi connectivity index (χ0n) is 11.9. The summed E-state index contributed by atoms with van der Waals surface area (Å²) in [6.07, 6.45) is 8.60. The lowest BCUT2D eigenvalue weighted by molar-refractivity contribution is 0.104. The fraction of sp³-hybridized carbons (Fsp3) is 0.312. The van der Waals surface area contributed by atoms with Gasteiger partial charge >= 0.3 is 0 Å². The Morgan fingerprint density at radius 2 is 2.23 bits per heavy atom. The maximum Gasteiger partial charge on any atom is 0.231 e. The number of ether oxygens (including phenoxy) is 2. The minimum atomic E-state index is -0.138. The van der Waals surface area contributed by atoms with Crippen LogP contribution in [0, 0.1) is 0 Å². The van der Waals surface area contributed by atoms with Gasteiger partial charge in [-0.05, 0) is 43.5 Å². The second-order valence-electron chi connectivity index (χ2n) is 5.45. The predicted octanol–water partition coefficient (Wildman–Crippen LogP) is 2.63. The van der Waals surface area contributed by atoms with Gasteiger partial charge in [0.05, 0.1) is 17.8 Å². The quantitative estimate of drug-likeness (QED) is 0.641. The van der Waals surface area contributed by atoms with Crippen LogP contribution in [-0.2, 0) is 0 Å². The van der Waals surface area contributed by atoms with Gasteiger partial charge < -0.3 is 9.47 Å². The summed E-state index contributed by atoms with van der Waals surface area (Å²) in [5, 5.41) is 8.18. The number of ketones is 1. The topological polar surface area (TPSA) is 66.2 Å². The number of carbonyl (C=O) groups excluding carboxylic acids is 1. The van der Waals surface area contributed by atoms with Crippen LogP contribution in [0.1, 0.15) is 41.4 Å². The molecule has 2 heterocycles. The van der Waals surface area contributed by atoms with Crippen molar-refractivity contribution in [1.82, 2.24) is 15.0 Å². The monoisotopic (exact) mass is 297 g/mol. The van der Waals surface area contributed by atoms with E-state index in [9.17, 15) is 4.79 Å². The maximum absolute atomic E-state index is 12.3. The van der Waals surface area contributed by atoms with E-state index in [-0.39, 0.29) is 12.6 Å². The van der Waals surface area contributed by atoms with Crippen LogP contribution in [0.5, 0.6) is 11.5 Å². The van der Waals surface area contributed by atoms with Crippen molar-refractivity contribution in [3.8, 4) is 11.5 Å². The Morgan fingerprint density at radius 1 is 1.32 bits per heavy atom. The highest BCUT2D eigenvalue weighted by Gasteiger charge is 2.21. The Kier molecular flexibility index (Phi) is 3.14. The molecule has 1 aromatic heterocycles. The molecule has 112 valence electrons. The molecule has 1 aliphatic heterocycles. The molecule has 1 aliphatic carbocycles. The van der Waals surface area contributed by atoms with Crippen LogP contribution in [0.3, 0.4) is 0 Å². The standard InChI is InChI=1S/C16H15N3O3/c20-14(13-5-2-6-15-16(13)22-10-21-15)8-7-11-9-19(18-17-11)12-3-1-4-12/h2,5-9,12H,1,3-4,10H2/b8-7+. The largest absolute Gasteiger partial charge is 0.454 e. The fourth-order valence-corrected chi connectivity index (χ4v) is 2.57. The van der Waals surface area contributed by atoms with Crippen LogP contribution in [0.4, 0.5) is 0 Å². The molecule has 0 atom stereocenters. The van der Waals surface area contributed by atoms with Gasteiger partial charge in [0.1, 0.15) is 5.69 Å². The molecule has 2 aromatic rings. The molecule has 6 nitrogen and oxygen atoms in total. The van der Waals surface area contributed by atoms with Crippen LogP contribution in [0.25, 0.3) is 6.08 Å². The molecule has 0 N–H and O–H groups in total. The minimum absolute atomic E-state index is 0.138. The Labute approximate surface area is 127 Å². The van der Waals surface area contributed by atoms with E-state index in [0.717, 1.165) is 12.8 Å². The molecule has 4 rings (SSSR count). The van der Waals surface area contributed by atoms with Gasteiger partial charge in [-0.3, -0.25) is 4.79 Å². The molecule has 0 unspecified atom stereocenters. The molecule has 6 heteroatoms. The minimum Gasteiger partial charge on any atom is -0.454 e. The Bertz CT molecular complexity index is 747. The molecule has 22 heavy (non-hydrogen) atoms. The third-order valence-electron chi connectivity index (χ3n) is 4.04. The first kappa shape index (κ1) is 13.1. The average Bonchev–Trinajstić information content (AvgIpc) is 3.11. The average molecular weight is 297 g/mol. The first-order valence-electron chi connectivity index (χ1n) is 7.34. The van der Waals surface area contributed by atoms with E-state index in [4.69, 9.17) is 9.47 Å². The number of allylic oxidation sites excluding steroid dienone is 1. The third-order valence-corrected chi connectivity index (χ3v) is 4.04. The van der Waals surface area contributed by atoms with E-state index < -0.39 is 0 Å². The van der Waals surface area contributed by atoms with E-state index in [1.54, 1.807) is 24.3 Å². The van der Waals surface area contributed by atoms with Gasteiger partial charge in [0.15, 0.2) is 17.3 Å². The lowest BCUT2D eigenvalue weighted by Gasteiger charge is -2.24. The highest BCUT2D eigenvalue weighted by Crippen LogP contribution is 2.35. The van der Waals surface area contributed by atoms with Gasteiger partial charge in [-0.15, -0.1) is 5.10 Å². The molecule has 0 radical (unpaired) electrons. The highest BCUT2D eigenvalue weighted by atomic mass is 16.7. The number of hydrogen-bond acceptors (Lipinski definition) is 5. The second kappa shape index (κ2) is 5.29. The van der Waals surface area contributed by atoms with Crippen LogP contribution in [0.2, 0.25) is 0 Å². The first-order chi connectivity index (χ1) is 10.8. The van der Waals surface area contributed by atoms with Crippen LogP contribution >= 0.6 is 0 Å². The zero-order chi connectivity index (χ0) is 14.9. The lowest BCUT2D eigenvalue weighted by atomic mass is 9.93. The second-order valence-corrected chi connectivity index (χ2v) is 5.45. The van der Waals surface area contributed by atoms with E-state index in [0.29, 0.717) is 28.8 Å². The number of fused-ring (bicyclic) bond motifs is 1. The molecular formula is C16H15N3O3. The molecular weight excluding hydrogens is 282 g/mol. The number of benzene rings is 1. The van der Waals surface area contributed by atoms with Crippen LogP contribution in [-0.4, -0.2) is 27.6 Å². The van der Waals surface area contributed by atoms with Crippen molar-refractivity contribution in [2.24, 2.45) is 0 Å². The lowest BCUT2D eigenvalue weighted by Crippen LogP contribution is -2.17. The van der Waals surface area contributed by atoms with Crippen molar-refractivity contribution in [3.63, 3.8) is 0 Å². The summed E-state index contributed by atoms with van der Waals surface area (Å²) in [5.74, 6) is 0.978. The van der Waals surface area contributed by atoms with Crippen molar-refractivity contribution in [3.05, 3.63) is 41.7 Å². The number of carbonyl (C=O) groups is 1. The van der Waals surface area contributed by atoms with Crippen LogP contribution < -0.4 is 9.47 Å². The van der Waals surface area contributed by atoms with E-state index in [1.807, 2.05) is 10.9 Å². The van der Waals surface area contributed by atoms with E-state index in [1.165, 1.54) is 12.5 Å². The van der Waals surface area contributed by atoms with Crippen molar-refractivity contribution in [2.75, 3.05) is 6.79 Å². The molecule has 0 bridgehead atoms. The van der Waals surface area contributed by atoms with Crippen molar-refractivity contribution in [1.29, 1.82) is 0 Å². The normalized spacial score (nSPS) is 16.9. The van der Waals surface area contributed by atoms with Gasteiger partial charge in [0, 0.05) is 0 Å². The molecule has 0 amide bonds. The Morgan fingerprint density at radius 3 is 3.05 bits per heavy atom. The molecule has 0 saturated heterocycles. The number of hydrogen-bond donors (Lipinski definition) is 0. The van der Waals surface area contributed by atoms with Crippen molar-refractivity contribution >= 4 is 11.9 Å². The third kappa shape index (κ3) is 2.26. The van der Waals surface area contributed by atoms with Crippen molar-refractivity contribution in [2.45, 2.75) is 25.3 Å². The summed E-state index contributed by atoms with van der Waals surface area (Å²) >= 11 is 0. The van der Waals surface area contributed by atoms with Gasteiger partial charge in [0.2, 0.25) is 6.79 Å². The first-order valence-corrected chi connectivity index (χ1v) is 7.34. The summed E-state index contributed by atoms with van der Waals surface area (Å²) in [5.41, 5.74) is 1.18. The molecule has 2 aliphatic rings. The zero-order valence-corrected chi connectivity index (χ0v) is 11.9. The SMILES string of the molecule is O=C(/C=C/c1cn(C2CCC2)nn1)c1cccc2c1OCO2. The smallest absolute Gasteiger partial charge is 0.231 e. The maximum atomic E-state index is 12.3. The number of rotatable bonds is 4. The number of nitrogens with zero attached hydrogens (tertiary/aromatic N) is 3. The predicted molar refractivity (Wildman–Crippen MR) is 78.8 cm³/mol. The van der Waals surface area contributed by atoms with Gasteiger partial charge in [-0.25, -0.2) is 4.68 Å². The summed E-state index contributed by atoms with van der Waals surface area (Å²) in [4.78, 5) is 12.3. The Hall–Kier alpha value is -2.63. The van der Waals surface area contributed by atoms with Crippen molar-refractivity contribution < 1.29 is 14.3 Å². The molecule has 0 spiro atoms. The number of aromatic nitrogens is 3. The van der Waals surface area contributed by atoms with Gasteiger partial charge in [-0.2, -0.15) is 0 Å². The van der Waals surface area contributed by atoms with E-state index >= 15 is 0 Å². The summed E-state index contributed by atoms with van der Waals surface area (Å²) in [6, 6.07) is 5.76. The Balaban J connectivity index is 1.52. The van der Waals surface area contributed by atoms with E-state index in [2.05, 4.69) is 10.3 Å². The van der Waals surface area contributed by atoms with Gasteiger partial charge in [-0.1, -0.05) is 11.3 Å². The number of para-hydroxylation sites is 1.